The van der Waals surface area contributed by atoms with E-state index >= 15 is 0 Å². The lowest BCUT2D eigenvalue weighted by Crippen LogP contribution is -1.91. The zero-order chi connectivity index (χ0) is 30.6. The van der Waals surface area contributed by atoms with Crippen molar-refractivity contribution in [2.45, 2.75) is 107 Å². The van der Waals surface area contributed by atoms with E-state index in [2.05, 4.69) is 56.5 Å². The Hall–Kier alpha value is -3.14. The molecule has 4 heteroatoms. The smallest absolute Gasteiger partial charge is 0.132 e. The van der Waals surface area contributed by atoms with E-state index in [0.29, 0.717) is 11.3 Å². The maximum Gasteiger partial charge on any atom is 0.132 e. The summed E-state index contributed by atoms with van der Waals surface area (Å²) in [6.45, 7) is 19.1. The average molecular weight is 550 g/mol. The molecule has 0 fully saturated rings. The number of rotatable bonds is 8. The van der Waals surface area contributed by atoms with E-state index in [9.17, 15) is 4.39 Å². The first-order valence-electron chi connectivity index (χ1n) is 15.2. The summed E-state index contributed by atoms with van der Waals surface area (Å²) in [6.07, 6.45) is 18.4. The molecule has 222 valence electrons. The normalized spacial score (nSPS) is 10.1. The lowest BCUT2D eigenvalue weighted by molar-refractivity contribution is 0.631. The lowest BCUT2D eigenvalue weighted by Gasteiger charge is -2.08. The first-order chi connectivity index (χ1) is 19.5. The average Bonchev–Trinajstić information content (AvgIpc) is 3.02. The fourth-order valence-corrected chi connectivity index (χ4v) is 2.99. The van der Waals surface area contributed by atoms with E-state index in [-0.39, 0.29) is 5.82 Å². The summed E-state index contributed by atoms with van der Waals surface area (Å²) in [5.74, 6) is -0.283. The third kappa shape index (κ3) is 16.7. The van der Waals surface area contributed by atoms with Gasteiger partial charge >= 0.3 is 0 Å². The molecule has 0 saturated carbocycles. The van der Waals surface area contributed by atoms with Crippen molar-refractivity contribution >= 4 is 11.8 Å². The maximum absolute atomic E-state index is 14.0. The Morgan fingerprint density at radius 2 is 1.40 bits per heavy atom. The standard InChI is InChI=1S/C21H18FN3.C5H12.2C4H10.C2H6/c1-3-15(12-23-2)17-10-18(14-24-13-17)16-8-9-25-21(11-16)19-6-4-5-7-20(19)22;1-3-5-4-2;2*1-3-4-2;1-2/h3-14H,1-2H3;3-5H2,1-2H3;2*3-4H2,1-2H3;1-2H3/b15-3+,23-12?;;;;. The van der Waals surface area contributed by atoms with E-state index in [1.165, 1.54) is 51.0 Å². The number of hydrogen-bond acceptors (Lipinski definition) is 3. The molecule has 1 aromatic carbocycles. The van der Waals surface area contributed by atoms with Gasteiger partial charge in [0, 0.05) is 48.5 Å². The predicted octanol–water partition coefficient (Wildman–Crippen LogP) is 11.9. The minimum Gasteiger partial charge on any atom is -0.296 e. The summed E-state index contributed by atoms with van der Waals surface area (Å²) in [5, 5.41) is 0. The topological polar surface area (TPSA) is 38.1 Å². The Morgan fingerprint density at radius 3 is 1.88 bits per heavy atom. The van der Waals surface area contributed by atoms with Crippen molar-refractivity contribution in [2.24, 2.45) is 4.99 Å². The Balaban J connectivity index is 0. The number of unbranched alkanes of at least 4 members (excludes halogenated alkanes) is 4. The van der Waals surface area contributed by atoms with E-state index in [0.717, 1.165) is 22.3 Å². The van der Waals surface area contributed by atoms with Crippen LogP contribution in [0.5, 0.6) is 0 Å². The van der Waals surface area contributed by atoms with Crippen molar-refractivity contribution in [1.82, 2.24) is 9.97 Å². The first kappa shape index (κ1) is 39.0. The number of aromatic nitrogens is 2. The third-order valence-corrected chi connectivity index (χ3v) is 5.60. The molecule has 0 aliphatic heterocycles. The van der Waals surface area contributed by atoms with E-state index < -0.39 is 0 Å². The highest BCUT2D eigenvalue weighted by Gasteiger charge is 2.08. The molecule has 2 heterocycles. The molecule has 2 aromatic heterocycles. The van der Waals surface area contributed by atoms with Crippen LogP contribution < -0.4 is 0 Å². The third-order valence-electron chi connectivity index (χ3n) is 5.60. The molecule has 0 amide bonds. The SMILES string of the molecule is C/C=C(\C=NC)c1cncc(-c2ccnc(-c3ccccc3F)c2)c1.CC.CCCC.CCCC.CCCCC. The van der Waals surface area contributed by atoms with Crippen molar-refractivity contribution < 1.29 is 4.39 Å². The molecule has 0 aliphatic rings. The number of halogens is 1. The second kappa shape index (κ2) is 27.4. The van der Waals surface area contributed by atoms with Gasteiger partial charge in [-0.2, -0.15) is 0 Å². The monoisotopic (exact) mass is 549 g/mol. The highest BCUT2D eigenvalue weighted by molar-refractivity contribution is 6.09. The van der Waals surface area contributed by atoms with Crippen LogP contribution in [0, 0.1) is 5.82 Å². The van der Waals surface area contributed by atoms with Gasteiger partial charge in [-0.15, -0.1) is 0 Å². The number of benzene rings is 1. The van der Waals surface area contributed by atoms with Crippen LogP contribution in [0.3, 0.4) is 0 Å². The second-order valence-electron chi connectivity index (χ2n) is 8.86. The highest BCUT2D eigenvalue weighted by atomic mass is 19.1. The molecule has 0 radical (unpaired) electrons. The summed E-state index contributed by atoms with van der Waals surface area (Å²) in [4.78, 5) is 12.7. The number of aliphatic imine (C=N–C) groups is 1. The Labute approximate surface area is 246 Å². The fraction of sp³-hybridized carbons (Fsp3) is 0.472. The lowest BCUT2D eigenvalue weighted by atomic mass is 10.0. The highest BCUT2D eigenvalue weighted by Crippen LogP contribution is 2.27. The summed E-state index contributed by atoms with van der Waals surface area (Å²) >= 11 is 0. The van der Waals surface area contributed by atoms with Crippen molar-refractivity contribution in [3.05, 3.63) is 78.5 Å². The quantitative estimate of drug-likeness (QED) is 0.262. The van der Waals surface area contributed by atoms with Crippen molar-refractivity contribution in [1.29, 1.82) is 0 Å². The van der Waals surface area contributed by atoms with Crippen LogP contribution in [-0.2, 0) is 0 Å². The zero-order valence-corrected chi connectivity index (χ0v) is 27.1. The summed E-state index contributed by atoms with van der Waals surface area (Å²) in [6, 6.07) is 12.5. The molecule has 0 N–H and O–H groups in total. The minimum absolute atomic E-state index is 0.283. The van der Waals surface area contributed by atoms with Crippen LogP contribution in [-0.4, -0.2) is 23.2 Å². The van der Waals surface area contributed by atoms with Crippen LogP contribution >= 0.6 is 0 Å². The number of hydrogen-bond donors (Lipinski definition) is 0. The zero-order valence-electron chi connectivity index (χ0n) is 27.1. The molecule has 0 saturated heterocycles. The van der Waals surface area contributed by atoms with Gasteiger partial charge in [-0.1, -0.05) is 119 Å². The minimum atomic E-state index is -0.283. The van der Waals surface area contributed by atoms with E-state index in [1.54, 1.807) is 50.1 Å². The van der Waals surface area contributed by atoms with Crippen LogP contribution in [0.25, 0.3) is 28.0 Å². The molecule has 0 spiro atoms. The number of allylic oxidation sites excluding steroid dienone is 2. The van der Waals surface area contributed by atoms with Crippen molar-refractivity contribution in [3.8, 4) is 22.4 Å². The van der Waals surface area contributed by atoms with Gasteiger partial charge in [0.05, 0.1) is 5.69 Å². The number of nitrogens with zero attached hydrogens (tertiary/aromatic N) is 3. The Bertz CT molecular complexity index is 1050. The van der Waals surface area contributed by atoms with Gasteiger partial charge in [-0.05, 0) is 48.4 Å². The molecule has 40 heavy (non-hydrogen) atoms. The van der Waals surface area contributed by atoms with Gasteiger partial charge in [0.25, 0.3) is 0 Å². The van der Waals surface area contributed by atoms with Gasteiger partial charge < -0.3 is 0 Å². The van der Waals surface area contributed by atoms with Crippen LogP contribution in [0.1, 0.15) is 113 Å². The maximum atomic E-state index is 14.0. The molecule has 0 aliphatic carbocycles. The van der Waals surface area contributed by atoms with Gasteiger partial charge in [0.2, 0.25) is 0 Å². The molecule has 0 bridgehead atoms. The van der Waals surface area contributed by atoms with Crippen LogP contribution in [0.2, 0.25) is 0 Å². The van der Waals surface area contributed by atoms with Gasteiger partial charge in [-0.25, -0.2) is 4.39 Å². The summed E-state index contributed by atoms with van der Waals surface area (Å²) in [5.41, 5.74) is 4.95. The fourth-order valence-electron chi connectivity index (χ4n) is 2.99. The van der Waals surface area contributed by atoms with Crippen LogP contribution in [0.4, 0.5) is 4.39 Å². The molecular weight excluding hydrogens is 493 g/mol. The van der Waals surface area contributed by atoms with Gasteiger partial charge in [-0.3, -0.25) is 15.0 Å². The second-order valence-corrected chi connectivity index (χ2v) is 8.86. The molecular formula is C36H56FN3. The summed E-state index contributed by atoms with van der Waals surface area (Å²) in [7, 11) is 1.74. The molecule has 0 atom stereocenters. The molecule has 3 aromatic rings. The Kier molecular flexibility index (Phi) is 26.7. The van der Waals surface area contributed by atoms with E-state index in [1.807, 2.05) is 45.0 Å². The van der Waals surface area contributed by atoms with Gasteiger partial charge in [0.1, 0.15) is 5.82 Å². The van der Waals surface area contributed by atoms with Crippen molar-refractivity contribution in [2.75, 3.05) is 7.05 Å². The molecule has 3 rings (SSSR count). The van der Waals surface area contributed by atoms with E-state index in [4.69, 9.17) is 0 Å². The van der Waals surface area contributed by atoms with Gasteiger partial charge in [0.15, 0.2) is 0 Å². The summed E-state index contributed by atoms with van der Waals surface area (Å²) < 4.78 is 14.0. The molecule has 0 unspecified atom stereocenters. The first-order valence-corrected chi connectivity index (χ1v) is 15.2. The predicted molar refractivity (Wildman–Crippen MR) is 179 cm³/mol. The Morgan fingerprint density at radius 1 is 0.800 bits per heavy atom. The number of pyridine rings is 2. The largest absolute Gasteiger partial charge is 0.296 e. The van der Waals surface area contributed by atoms with Crippen molar-refractivity contribution in [3.63, 3.8) is 0 Å². The molecule has 3 nitrogen and oxygen atoms in total. The van der Waals surface area contributed by atoms with Crippen LogP contribution in [0.15, 0.2) is 72.1 Å².